The molecule has 0 saturated carbocycles. The van der Waals surface area contributed by atoms with E-state index < -0.39 is 0 Å². The molecule has 3 rings (SSSR count). The van der Waals surface area contributed by atoms with Crippen LogP contribution in [-0.2, 0) is 4.74 Å². The Hall–Kier alpha value is -2.51. The largest absolute Gasteiger partial charge is 0.373 e. The van der Waals surface area contributed by atoms with E-state index in [1.165, 1.54) is 16.8 Å². The van der Waals surface area contributed by atoms with Crippen LogP contribution in [0.15, 0.2) is 47.3 Å². The molecule has 0 bridgehead atoms. The Balaban J connectivity index is 1.53. The predicted octanol–water partition coefficient (Wildman–Crippen LogP) is 1.46. The van der Waals surface area contributed by atoms with E-state index in [2.05, 4.69) is 29.2 Å². The number of hydrogen-bond donors (Lipinski definition) is 1. The number of rotatable bonds is 6. The molecule has 2 aromatic rings. The van der Waals surface area contributed by atoms with Crippen LogP contribution in [0.5, 0.6) is 0 Å². The van der Waals surface area contributed by atoms with Crippen LogP contribution in [-0.4, -0.2) is 59.0 Å². The molecule has 1 saturated heterocycles. The quantitative estimate of drug-likeness (QED) is 0.779. The number of carbonyl (C=O) groups excluding carboxylic acids is 1. The molecule has 144 valence electrons. The van der Waals surface area contributed by atoms with Gasteiger partial charge in [0.1, 0.15) is 5.69 Å². The number of para-hydroxylation sites is 1. The second kappa shape index (κ2) is 8.92. The maximum absolute atomic E-state index is 12.4. The monoisotopic (exact) mass is 370 g/mol. The van der Waals surface area contributed by atoms with E-state index in [0.29, 0.717) is 12.2 Å². The Morgan fingerprint density at radius 1 is 1.15 bits per heavy atom. The van der Waals surface area contributed by atoms with Gasteiger partial charge in [0.05, 0.1) is 17.9 Å². The van der Waals surface area contributed by atoms with Crippen LogP contribution >= 0.6 is 0 Å². The highest BCUT2D eigenvalue weighted by Gasteiger charge is 2.21. The smallest absolute Gasteiger partial charge is 0.271 e. The van der Waals surface area contributed by atoms with Gasteiger partial charge in [-0.2, -0.15) is 9.78 Å². The molecule has 1 aromatic carbocycles. The highest BCUT2D eigenvalue weighted by atomic mass is 16.5. The number of carbonyl (C=O) groups is 1. The summed E-state index contributed by atoms with van der Waals surface area (Å²) in [6.45, 7) is 7.47. The molecule has 27 heavy (non-hydrogen) atoms. The summed E-state index contributed by atoms with van der Waals surface area (Å²) in [5, 5.41) is 7.08. The lowest BCUT2D eigenvalue weighted by Gasteiger charge is -2.35. The molecule has 0 spiro atoms. The van der Waals surface area contributed by atoms with Crippen molar-refractivity contribution >= 4 is 5.91 Å². The van der Waals surface area contributed by atoms with Gasteiger partial charge in [-0.1, -0.05) is 18.2 Å². The molecule has 1 N–H and O–H groups in total. The summed E-state index contributed by atoms with van der Waals surface area (Å²) in [4.78, 5) is 26.8. The SMILES string of the molecule is CC1CN(CCCNC(=O)c2ccc(=O)n(-c3ccccc3)n2)CC(C)O1. The molecule has 7 nitrogen and oxygen atoms in total. The zero-order valence-corrected chi connectivity index (χ0v) is 15.8. The van der Waals surface area contributed by atoms with Crippen molar-refractivity contribution in [2.24, 2.45) is 0 Å². The first-order chi connectivity index (χ1) is 13.0. The molecule has 2 heterocycles. The first kappa shape index (κ1) is 19.3. The third kappa shape index (κ3) is 5.24. The van der Waals surface area contributed by atoms with Crippen molar-refractivity contribution in [1.29, 1.82) is 0 Å². The van der Waals surface area contributed by atoms with E-state index in [9.17, 15) is 9.59 Å². The van der Waals surface area contributed by atoms with Crippen molar-refractivity contribution in [3.8, 4) is 5.69 Å². The molecule has 0 radical (unpaired) electrons. The molecule has 1 fully saturated rings. The third-order valence-corrected chi connectivity index (χ3v) is 4.47. The molecule has 2 atom stereocenters. The van der Waals surface area contributed by atoms with Crippen LogP contribution < -0.4 is 10.9 Å². The third-order valence-electron chi connectivity index (χ3n) is 4.47. The molecule has 1 aliphatic heterocycles. The second-order valence-corrected chi connectivity index (χ2v) is 6.93. The summed E-state index contributed by atoms with van der Waals surface area (Å²) >= 11 is 0. The summed E-state index contributed by atoms with van der Waals surface area (Å²) in [5.41, 5.74) is 0.591. The number of nitrogens with one attached hydrogen (secondary N) is 1. The number of benzene rings is 1. The van der Waals surface area contributed by atoms with Gasteiger partial charge in [0.15, 0.2) is 0 Å². The lowest BCUT2D eigenvalue weighted by Crippen LogP contribution is -2.46. The van der Waals surface area contributed by atoms with Crippen molar-refractivity contribution in [1.82, 2.24) is 20.0 Å². The fourth-order valence-corrected chi connectivity index (χ4v) is 3.35. The van der Waals surface area contributed by atoms with E-state index in [1.54, 1.807) is 12.1 Å². The standard InChI is InChI=1S/C20H26N4O3/c1-15-13-23(14-16(2)27-15)12-6-11-21-20(26)18-9-10-19(25)24(22-18)17-7-4-3-5-8-17/h3-5,7-10,15-16H,6,11-14H2,1-2H3,(H,21,26). The number of morpholine rings is 1. The van der Waals surface area contributed by atoms with E-state index in [1.807, 2.05) is 18.2 Å². The van der Waals surface area contributed by atoms with Gasteiger partial charge in [0.25, 0.3) is 11.5 Å². The molecular weight excluding hydrogens is 344 g/mol. The van der Waals surface area contributed by atoms with Gasteiger partial charge >= 0.3 is 0 Å². The van der Waals surface area contributed by atoms with Crippen LogP contribution in [0, 0.1) is 0 Å². The van der Waals surface area contributed by atoms with Gasteiger partial charge < -0.3 is 10.1 Å². The zero-order chi connectivity index (χ0) is 19.2. The number of hydrogen-bond acceptors (Lipinski definition) is 5. The molecule has 1 aliphatic rings. The second-order valence-electron chi connectivity index (χ2n) is 6.93. The summed E-state index contributed by atoms with van der Waals surface area (Å²) < 4.78 is 6.97. The number of aromatic nitrogens is 2. The maximum Gasteiger partial charge on any atom is 0.271 e. The van der Waals surface area contributed by atoms with Gasteiger partial charge in [-0.05, 0) is 38.5 Å². The lowest BCUT2D eigenvalue weighted by molar-refractivity contribution is -0.0679. The zero-order valence-electron chi connectivity index (χ0n) is 15.8. The van der Waals surface area contributed by atoms with E-state index >= 15 is 0 Å². The fraction of sp³-hybridized carbons (Fsp3) is 0.450. The van der Waals surface area contributed by atoms with Crippen molar-refractivity contribution in [3.63, 3.8) is 0 Å². The summed E-state index contributed by atoms with van der Waals surface area (Å²) in [5.74, 6) is -0.275. The first-order valence-electron chi connectivity index (χ1n) is 9.35. The van der Waals surface area contributed by atoms with Crippen molar-refractivity contribution in [2.75, 3.05) is 26.2 Å². The van der Waals surface area contributed by atoms with Gasteiger partial charge in [-0.25, -0.2) is 0 Å². The topological polar surface area (TPSA) is 76.5 Å². The molecule has 1 amide bonds. The molecule has 1 aromatic heterocycles. The molecular formula is C20H26N4O3. The summed E-state index contributed by atoms with van der Waals surface area (Å²) in [7, 11) is 0. The number of nitrogens with zero attached hydrogens (tertiary/aromatic N) is 3. The Labute approximate surface area is 158 Å². The normalized spacial score (nSPS) is 20.4. The minimum Gasteiger partial charge on any atom is -0.373 e. The van der Waals surface area contributed by atoms with E-state index in [0.717, 1.165) is 26.1 Å². The Kier molecular flexibility index (Phi) is 6.36. The minimum absolute atomic E-state index is 0.229. The summed E-state index contributed by atoms with van der Waals surface area (Å²) in [6, 6.07) is 11.9. The summed E-state index contributed by atoms with van der Waals surface area (Å²) in [6.07, 6.45) is 1.34. The number of amides is 1. The van der Waals surface area contributed by atoms with Crippen LogP contribution in [0.25, 0.3) is 5.69 Å². The molecule has 0 aliphatic carbocycles. The molecule has 7 heteroatoms. The van der Waals surface area contributed by atoms with Crippen LogP contribution in [0.3, 0.4) is 0 Å². The van der Waals surface area contributed by atoms with Crippen molar-refractivity contribution in [2.45, 2.75) is 32.5 Å². The molecule has 2 unspecified atom stereocenters. The average molecular weight is 370 g/mol. The Bertz CT molecular complexity index is 811. The van der Waals surface area contributed by atoms with Crippen LogP contribution in [0.2, 0.25) is 0 Å². The fourth-order valence-electron chi connectivity index (χ4n) is 3.35. The number of ether oxygens (including phenoxy) is 1. The van der Waals surface area contributed by atoms with Gasteiger partial charge in [0, 0.05) is 32.2 Å². The lowest BCUT2D eigenvalue weighted by atomic mass is 10.2. The van der Waals surface area contributed by atoms with Crippen molar-refractivity contribution in [3.05, 3.63) is 58.5 Å². The van der Waals surface area contributed by atoms with Gasteiger partial charge in [-0.3, -0.25) is 14.5 Å². The first-order valence-corrected chi connectivity index (χ1v) is 9.35. The highest BCUT2D eigenvalue weighted by Crippen LogP contribution is 2.10. The van der Waals surface area contributed by atoms with E-state index in [4.69, 9.17) is 4.74 Å². The average Bonchev–Trinajstić information content (AvgIpc) is 2.65. The predicted molar refractivity (Wildman–Crippen MR) is 103 cm³/mol. The Morgan fingerprint density at radius 3 is 2.56 bits per heavy atom. The highest BCUT2D eigenvalue weighted by molar-refractivity contribution is 5.92. The van der Waals surface area contributed by atoms with E-state index in [-0.39, 0.29) is 29.4 Å². The minimum atomic E-state index is -0.275. The van der Waals surface area contributed by atoms with Gasteiger partial charge in [0.2, 0.25) is 0 Å². The Morgan fingerprint density at radius 2 is 1.85 bits per heavy atom. The van der Waals surface area contributed by atoms with Gasteiger partial charge in [-0.15, -0.1) is 0 Å². The maximum atomic E-state index is 12.4. The van der Waals surface area contributed by atoms with Crippen molar-refractivity contribution < 1.29 is 9.53 Å². The van der Waals surface area contributed by atoms with Crippen LogP contribution in [0.1, 0.15) is 30.8 Å². The van der Waals surface area contributed by atoms with Crippen LogP contribution in [0.4, 0.5) is 0 Å².